The number of aliphatic hydroxyl groups is 1. The molecule has 2 rings (SSSR count). The SMILES string of the molecule is OCCN(CCc1cccs1)C1CCCC1. The summed E-state index contributed by atoms with van der Waals surface area (Å²) in [4.78, 5) is 3.94. The zero-order valence-corrected chi connectivity index (χ0v) is 10.6. The summed E-state index contributed by atoms with van der Waals surface area (Å²) >= 11 is 1.84. The standard InChI is InChI=1S/C13H21NOS/c15-10-9-14(12-4-1-2-5-12)8-7-13-6-3-11-16-13/h3,6,11-12,15H,1-2,4-5,7-10H2. The Morgan fingerprint density at radius 3 is 2.75 bits per heavy atom. The van der Waals surface area contributed by atoms with Gasteiger partial charge in [0.15, 0.2) is 0 Å². The molecule has 0 aromatic carbocycles. The molecule has 1 aliphatic carbocycles. The molecule has 3 heteroatoms. The van der Waals surface area contributed by atoms with Gasteiger partial charge in [-0.2, -0.15) is 0 Å². The van der Waals surface area contributed by atoms with Crippen molar-refractivity contribution in [1.29, 1.82) is 0 Å². The third kappa shape index (κ3) is 3.30. The van der Waals surface area contributed by atoms with Gasteiger partial charge < -0.3 is 5.11 Å². The monoisotopic (exact) mass is 239 g/mol. The highest BCUT2D eigenvalue weighted by Gasteiger charge is 2.21. The largest absolute Gasteiger partial charge is 0.395 e. The molecule has 0 saturated heterocycles. The second kappa shape index (κ2) is 6.38. The van der Waals surface area contributed by atoms with Crippen molar-refractivity contribution in [1.82, 2.24) is 4.90 Å². The first-order valence-electron chi connectivity index (χ1n) is 6.27. The molecule has 90 valence electrons. The van der Waals surface area contributed by atoms with Gasteiger partial charge in [-0.05, 0) is 30.7 Å². The Balaban J connectivity index is 1.82. The van der Waals surface area contributed by atoms with Crippen LogP contribution in [-0.2, 0) is 6.42 Å². The fraction of sp³-hybridized carbons (Fsp3) is 0.692. The molecular formula is C13H21NOS. The average Bonchev–Trinajstić information content (AvgIpc) is 2.96. The van der Waals surface area contributed by atoms with E-state index in [2.05, 4.69) is 22.4 Å². The van der Waals surface area contributed by atoms with E-state index in [1.165, 1.54) is 30.6 Å². The van der Waals surface area contributed by atoms with Gasteiger partial charge in [-0.1, -0.05) is 18.9 Å². The maximum absolute atomic E-state index is 9.12. The lowest BCUT2D eigenvalue weighted by atomic mass is 10.2. The average molecular weight is 239 g/mol. The molecule has 1 fully saturated rings. The van der Waals surface area contributed by atoms with Gasteiger partial charge in [0.25, 0.3) is 0 Å². The Morgan fingerprint density at radius 2 is 2.12 bits per heavy atom. The Bertz CT molecular complexity index is 280. The van der Waals surface area contributed by atoms with Gasteiger partial charge in [0.05, 0.1) is 6.61 Å². The van der Waals surface area contributed by atoms with Gasteiger partial charge in [0, 0.05) is 24.0 Å². The van der Waals surface area contributed by atoms with Crippen molar-refractivity contribution in [3.63, 3.8) is 0 Å². The van der Waals surface area contributed by atoms with E-state index in [0.29, 0.717) is 6.61 Å². The number of rotatable bonds is 6. The van der Waals surface area contributed by atoms with Crippen LogP contribution < -0.4 is 0 Å². The highest BCUT2D eigenvalue weighted by Crippen LogP contribution is 2.23. The van der Waals surface area contributed by atoms with Crippen LogP contribution in [0.4, 0.5) is 0 Å². The highest BCUT2D eigenvalue weighted by atomic mass is 32.1. The molecule has 0 unspecified atom stereocenters. The normalized spacial score (nSPS) is 17.4. The quantitative estimate of drug-likeness (QED) is 0.824. The maximum atomic E-state index is 9.12. The number of thiophene rings is 1. The first-order valence-corrected chi connectivity index (χ1v) is 7.15. The van der Waals surface area contributed by atoms with Crippen molar-refractivity contribution in [2.24, 2.45) is 0 Å². The minimum Gasteiger partial charge on any atom is -0.395 e. The van der Waals surface area contributed by atoms with Crippen LogP contribution in [0, 0.1) is 0 Å². The zero-order chi connectivity index (χ0) is 11.2. The number of nitrogens with zero attached hydrogens (tertiary/aromatic N) is 1. The number of hydrogen-bond donors (Lipinski definition) is 1. The highest BCUT2D eigenvalue weighted by molar-refractivity contribution is 7.09. The van der Waals surface area contributed by atoms with Gasteiger partial charge in [-0.3, -0.25) is 4.90 Å². The molecule has 0 aliphatic heterocycles. The van der Waals surface area contributed by atoms with Crippen molar-refractivity contribution in [2.45, 2.75) is 38.1 Å². The number of hydrogen-bond acceptors (Lipinski definition) is 3. The van der Waals surface area contributed by atoms with Crippen molar-refractivity contribution >= 4 is 11.3 Å². The van der Waals surface area contributed by atoms with Crippen molar-refractivity contribution < 1.29 is 5.11 Å². The minimum atomic E-state index is 0.293. The van der Waals surface area contributed by atoms with E-state index in [0.717, 1.165) is 25.6 Å². The summed E-state index contributed by atoms with van der Waals surface area (Å²) in [6.07, 6.45) is 6.51. The molecule has 0 amide bonds. The minimum absolute atomic E-state index is 0.293. The topological polar surface area (TPSA) is 23.5 Å². The summed E-state index contributed by atoms with van der Waals surface area (Å²) in [6, 6.07) is 5.05. The summed E-state index contributed by atoms with van der Waals surface area (Å²) in [5, 5.41) is 11.3. The first kappa shape index (κ1) is 12.1. The fourth-order valence-corrected chi connectivity index (χ4v) is 3.28. The molecular weight excluding hydrogens is 218 g/mol. The van der Waals surface area contributed by atoms with Crippen LogP contribution >= 0.6 is 11.3 Å². The lowest BCUT2D eigenvalue weighted by molar-refractivity contribution is 0.153. The van der Waals surface area contributed by atoms with E-state index in [1.807, 2.05) is 11.3 Å². The van der Waals surface area contributed by atoms with Crippen LogP contribution in [0.25, 0.3) is 0 Å². The molecule has 0 spiro atoms. The summed E-state index contributed by atoms with van der Waals surface area (Å²) in [5.41, 5.74) is 0. The van der Waals surface area contributed by atoms with Gasteiger partial charge in [-0.15, -0.1) is 11.3 Å². The Morgan fingerprint density at radius 1 is 1.31 bits per heavy atom. The zero-order valence-electron chi connectivity index (χ0n) is 9.77. The van der Waals surface area contributed by atoms with Gasteiger partial charge >= 0.3 is 0 Å². The van der Waals surface area contributed by atoms with Gasteiger partial charge in [0.1, 0.15) is 0 Å². The molecule has 1 N–H and O–H groups in total. The molecule has 1 aliphatic rings. The number of aliphatic hydroxyl groups excluding tert-OH is 1. The van der Waals surface area contributed by atoms with E-state index in [-0.39, 0.29) is 0 Å². The van der Waals surface area contributed by atoms with Crippen LogP contribution in [0.1, 0.15) is 30.6 Å². The third-order valence-electron chi connectivity index (χ3n) is 3.45. The van der Waals surface area contributed by atoms with E-state index in [9.17, 15) is 0 Å². The van der Waals surface area contributed by atoms with E-state index in [4.69, 9.17) is 5.11 Å². The lowest BCUT2D eigenvalue weighted by Crippen LogP contribution is -2.37. The summed E-state index contributed by atoms with van der Waals surface area (Å²) in [5.74, 6) is 0. The second-order valence-corrected chi connectivity index (χ2v) is 5.56. The Hall–Kier alpha value is -0.380. The molecule has 1 aromatic heterocycles. The predicted octanol–water partition coefficient (Wildman–Crippen LogP) is 2.53. The van der Waals surface area contributed by atoms with E-state index < -0.39 is 0 Å². The molecule has 2 nitrogen and oxygen atoms in total. The van der Waals surface area contributed by atoms with Crippen LogP contribution in [0.5, 0.6) is 0 Å². The summed E-state index contributed by atoms with van der Waals surface area (Å²) < 4.78 is 0. The van der Waals surface area contributed by atoms with Crippen LogP contribution in [0.2, 0.25) is 0 Å². The van der Waals surface area contributed by atoms with Crippen molar-refractivity contribution in [2.75, 3.05) is 19.7 Å². The molecule has 1 saturated carbocycles. The first-order chi connectivity index (χ1) is 7.90. The molecule has 1 aromatic rings. The van der Waals surface area contributed by atoms with Crippen LogP contribution in [0.3, 0.4) is 0 Å². The molecule has 0 bridgehead atoms. The Labute approximate surface area is 102 Å². The smallest absolute Gasteiger partial charge is 0.0558 e. The van der Waals surface area contributed by atoms with Gasteiger partial charge in [0.2, 0.25) is 0 Å². The lowest BCUT2D eigenvalue weighted by Gasteiger charge is -2.27. The molecule has 16 heavy (non-hydrogen) atoms. The Kier molecular flexibility index (Phi) is 4.82. The van der Waals surface area contributed by atoms with Crippen LogP contribution in [-0.4, -0.2) is 35.7 Å². The van der Waals surface area contributed by atoms with Gasteiger partial charge in [-0.25, -0.2) is 0 Å². The summed E-state index contributed by atoms with van der Waals surface area (Å²) in [7, 11) is 0. The predicted molar refractivity (Wildman–Crippen MR) is 68.9 cm³/mol. The maximum Gasteiger partial charge on any atom is 0.0558 e. The molecule has 0 atom stereocenters. The van der Waals surface area contributed by atoms with E-state index >= 15 is 0 Å². The second-order valence-electron chi connectivity index (χ2n) is 4.53. The summed E-state index contributed by atoms with van der Waals surface area (Å²) in [6.45, 7) is 2.24. The van der Waals surface area contributed by atoms with E-state index in [1.54, 1.807) is 0 Å². The molecule has 0 radical (unpaired) electrons. The van der Waals surface area contributed by atoms with Crippen molar-refractivity contribution in [3.05, 3.63) is 22.4 Å². The molecule has 1 heterocycles. The van der Waals surface area contributed by atoms with Crippen LogP contribution in [0.15, 0.2) is 17.5 Å². The fourth-order valence-electron chi connectivity index (χ4n) is 2.58. The van der Waals surface area contributed by atoms with Crippen molar-refractivity contribution in [3.8, 4) is 0 Å². The third-order valence-corrected chi connectivity index (χ3v) is 4.39.